The zero-order valence-electron chi connectivity index (χ0n) is 17.9. The van der Waals surface area contributed by atoms with E-state index in [-0.39, 0.29) is 11.3 Å². The predicted octanol–water partition coefficient (Wildman–Crippen LogP) is 7.53. The molecule has 0 radical (unpaired) electrons. The van der Waals surface area contributed by atoms with Crippen molar-refractivity contribution in [2.45, 2.75) is 71.9 Å². The zero-order chi connectivity index (χ0) is 22.9. The van der Waals surface area contributed by atoms with Crippen LogP contribution in [0.5, 0.6) is 0 Å². The fourth-order valence-electron chi connectivity index (χ4n) is 2.94. The van der Waals surface area contributed by atoms with Crippen LogP contribution in [0.1, 0.15) is 87.3 Å². The number of rotatable bonds is 8. The number of hydrogen-bond donors (Lipinski definition) is 1. The normalized spacial score (nSPS) is 13.3. The summed E-state index contributed by atoms with van der Waals surface area (Å²) in [5.74, 6) is 1.42. The molecule has 0 bridgehead atoms. The Morgan fingerprint density at radius 1 is 1.20 bits per heavy atom. The summed E-state index contributed by atoms with van der Waals surface area (Å²) < 4.78 is 41.6. The lowest BCUT2D eigenvalue weighted by Crippen LogP contribution is -2.06. The Kier molecular flexibility index (Phi) is 10.4. The quantitative estimate of drug-likeness (QED) is 0.425. The molecule has 30 heavy (non-hydrogen) atoms. The van der Waals surface area contributed by atoms with Gasteiger partial charge >= 0.3 is 6.18 Å². The van der Waals surface area contributed by atoms with E-state index in [1.807, 2.05) is 6.07 Å². The maximum atomic E-state index is 12.2. The third kappa shape index (κ3) is 8.38. The lowest BCUT2D eigenvalue weighted by Gasteiger charge is -2.15. The number of aromatic nitrogens is 1. The van der Waals surface area contributed by atoms with Crippen molar-refractivity contribution in [2.75, 3.05) is 5.73 Å². The Morgan fingerprint density at radius 3 is 2.30 bits per heavy atom. The summed E-state index contributed by atoms with van der Waals surface area (Å²) in [6.07, 6.45) is 1.56. The van der Waals surface area contributed by atoms with Gasteiger partial charge in [-0.2, -0.15) is 13.2 Å². The molecule has 0 saturated carbocycles. The minimum Gasteiger partial charge on any atom is -0.368 e. The molecule has 1 aromatic carbocycles. The molecule has 168 valence electrons. The summed E-state index contributed by atoms with van der Waals surface area (Å²) in [6.45, 7) is 8.02. The van der Waals surface area contributed by atoms with Crippen LogP contribution in [0.3, 0.4) is 0 Å². The number of alkyl halides is 3. The second kappa shape index (κ2) is 12.0. The fraction of sp³-hybridized carbons (Fsp3) is 0.545. The molecule has 0 aliphatic heterocycles. The molecule has 2 aromatic rings. The summed E-state index contributed by atoms with van der Waals surface area (Å²) in [7, 11) is 0. The number of anilines is 1. The highest BCUT2D eigenvalue weighted by atomic mass is 35.5. The molecule has 2 unspecified atom stereocenters. The second-order valence-electron chi connectivity index (χ2n) is 7.48. The Labute approximate surface area is 181 Å². The molecule has 1 heterocycles. The minimum atomic E-state index is -4.48. The molecule has 2 rings (SSSR count). The van der Waals surface area contributed by atoms with Crippen molar-refractivity contribution >= 4 is 23.3 Å². The molecule has 0 saturated heterocycles. The minimum absolute atomic E-state index is 0.169. The van der Waals surface area contributed by atoms with Crippen molar-refractivity contribution in [3.8, 4) is 0 Å². The summed E-state index contributed by atoms with van der Waals surface area (Å²) >= 11 is 5.39. The zero-order valence-corrected chi connectivity index (χ0v) is 18.6. The topological polar surface area (TPSA) is 69.1 Å². The van der Waals surface area contributed by atoms with Crippen LogP contribution in [0.4, 0.5) is 19.1 Å². The van der Waals surface area contributed by atoms with E-state index in [0.717, 1.165) is 29.8 Å². The van der Waals surface area contributed by atoms with E-state index in [1.165, 1.54) is 39.0 Å². The first-order valence-corrected chi connectivity index (χ1v) is 10.5. The smallest absolute Gasteiger partial charge is 0.368 e. The summed E-state index contributed by atoms with van der Waals surface area (Å²) in [4.78, 5) is 10.8. The average molecular weight is 447 g/mol. The van der Waals surface area contributed by atoms with Gasteiger partial charge in [0.05, 0.1) is 16.3 Å². The number of halogens is 4. The van der Waals surface area contributed by atoms with E-state index < -0.39 is 16.8 Å². The van der Waals surface area contributed by atoms with Crippen molar-refractivity contribution < 1.29 is 22.5 Å². The highest BCUT2D eigenvalue weighted by Gasteiger charge is 2.33. The van der Waals surface area contributed by atoms with Crippen molar-refractivity contribution in [1.82, 2.24) is 5.16 Å². The molecule has 0 aliphatic carbocycles. The van der Waals surface area contributed by atoms with Gasteiger partial charge < -0.3 is 10.3 Å². The average Bonchev–Trinajstić information content (AvgIpc) is 3.10. The number of carbonyl (C=O) groups is 1. The molecule has 1 aromatic heterocycles. The Bertz CT molecular complexity index is 806. The molecule has 0 fully saturated rings. The monoisotopic (exact) mass is 446 g/mol. The van der Waals surface area contributed by atoms with Crippen LogP contribution in [0, 0.1) is 5.92 Å². The van der Waals surface area contributed by atoms with Gasteiger partial charge in [0.25, 0.3) is 0 Å². The van der Waals surface area contributed by atoms with Crippen molar-refractivity contribution in [1.29, 1.82) is 0 Å². The lowest BCUT2D eigenvalue weighted by atomic mass is 9.90. The SMILES string of the molecule is CC(=O)c1ccc(C(F)(F)F)c(Cl)c1.CCCC(CCC(C)CC)c1cc(N)on1. The Hall–Kier alpha value is -2.02. The Balaban J connectivity index is 0.000000303. The highest BCUT2D eigenvalue weighted by molar-refractivity contribution is 6.31. The van der Waals surface area contributed by atoms with Crippen LogP contribution in [0.2, 0.25) is 5.02 Å². The highest BCUT2D eigenvalue weighted by Crippen LogP contribution is 2.35. The number of hydrogen-bond acceptors (Lipinski definition) is 4. The first-order chi connectivity index (χ1) is 14.0. The van der Waals surface area contributed by atoms with Gasteiger partial charge in [0.2, 0.25) is 5.88 Å². The molecule has 0 spiro atoms. The van der Waals surface area contributed by atoms with E-state index in [0.29, 0.717) is 11.8 Å². The van der Waals surface area contributed by atoms with Crippen LogP contribution < -0.4 is 5.73 Å². The lowest BCUT2D eigenvalue weighted by molar-refractivity contribution is -0.137. The molecule has 8 heteroatoms. The van der Waals surface area contributed by atoms with E-state index in [1.54, 1.807) is 0 Å². The number of nitrogen functional groups attached to an aromatic ring is 1. The first-order valence-electron chi connectivity index (χ1n) is 10.1. The summed E-state index contributed by atoms with van der Waals surface area (Å²) in [5.41, 5.74) is 5.84. The van der Waals surface area contributed by atoms with Crippen LogP contribution in [-0.4, -0.2) is 10.9 Å². The number of Topliss-reactive ketones (excluding diaryl/α,β-unsaturated/α-hetero) is 1. The van der Waals surface area contributed by atoms with E-state index >= 15 is 0 Å². The Morgan fingerprint density at radius 2 is 1.87 bits per heavy atom. The van der Waals surface area contributed by atoms with Crippen LogP contribution >= 0.6 is 11.6 Å². The molecule has 0 aliphatic rings. The number of carbonyl (C=O) groups excluding carboxylic acids is 1. The number of benzene rings is 1. The van der Waals surface area contributed by atoms with Crippen molar-refractivity contribution in [2.24, 2.45) is 5.92 Å². The number of ketones is 1. The maximum absolute atomic E-state index is 12.2. The van der Waals surface area contributed by atoms with E-state index in [4.69, 9.17) is 21.9 Å². The fourth-order valence-corrected chi connectivity index (χ4v) is 3.23. The maximum Gasteiger partial charge on any atom is 0.417 e. The molecular weight excluding hydrogens is 417 g/mol. The van der Waals surface area contributed by atoms with E-state index in [9.17, 15) is 18.0 Å². The predicted molar refractivity (Wildman–Crippen MR) is 114 cm³/mol. The second-order valence-corrected chi connectivity index (χ2v) is 7.89. The van der Waals surface area contributed by atoms with Gasteiger partial charge in [-0.05, 0) is 37.8 Å². The third-order valence-corrected chi connectivity index (χ3v) is 5.30. The van der Waals surface area contributed by atoms with Gasteiger partial charge in [-0.1, -0.05) is 62.9 Å². The largest absolute Gasteiger partial charge is 0.417 e. The van der Waals surface area contributed by atoms with Gasteiger partial charge in [0.1, 0.15) is 0 Å². The van der Waals surface area contributed by atoms with Gasteiger partial charge in [-0.25, -0.2) is 0 Å². The molecule has 2 atom stereocenters. The number of nitrogens with two attached hydrogens (primary N) is 1. The molecule has 4 nitrogen and oxygen atoms in total. The van der Waals surface area contributed by atoms with Gasteiger partial charge in [0.15, 0.2) is 5.78 Å². The standard InChI is InChI=1S/C13H24N2O.C9H6ClF3O/c1-4-6-11(8-7-10(3)5-2)12-9-13(14)16-15-12;1-5(14)6-2-3-7(8(10)4-6)9(11,12)13/h9-11H,4-8,14H2,1-3H3;2-4H,1H3. The van der Waals surface area contributed by atoms with Gasteiger partial charge in [-0.15, -0.1) is 0 Å². The van der Waals surface area contributed by atoms with Crippen molar-refractivity contribution in [3.05, 3.63) is 46.1 Å². The molecule has 0 amide bonds. The van der Waals surface area contributed by atoms with E-state index in [2.05, 4.69) is 25.9 Å². The molecular formula is C22H30ClF3N2O2. The summed E-state index contributed by atoms with van der Waals surface area (Å²) in [6, 6.07) is 4.81. The summed E-state index contributed by atoms with van der Waals surface area (Å²) in [5, 5.41) is 3.58. The van der Waals surface area contributed by atoms with Crippen LogP contribution in [-0.2, 0) is 6.18 Å². The molecule has 2 N–H and O–H groups in total. The van der Waals surface area contributed by atoms with Crippen LogP contribution in [0.15, 0.2) is 28.8 Å². The van der Waals surface area contributed by atoms with Gasteiger partial charge in [-0.3, -0.25) is 4.79 Å². The van der Waals surface area contributed by atoms with Crippen LogP contribution in [0.25, 0.3) is 0 Å². The third-order valence-electron chi connectivity index (χ3n) is 4.99. The van der Waals surface area contributed by atoms with Crippen molar-refractivity contribution in [3.63, 3.8) is 0 Å². The first kappa shape index (κ1) is 26.0. The number of nitrogens with zero attached hydrogens (tertiary/aromatic N) is 1. The van der Waals surface area contributed by atoms with Gasteiger partial charge in [0, 0.05) is 17.5 Å².